The zero-order chi connectivity index (χ0) is 21.7. The maximum Gasteiger partial charge on any atom is 0.335 e. The summed E-state index contributed by atoms with van der Waals surface area (Å²) in [5.74, 6) is -1.02. The third-order valence-corrected chi connectivity index (χ3v) is 5.52. The largest absolute Gasteiger partial charge is 0.755 e. The van der Waals surface area contributed by atoms with Gasteiger partial charge >= 0.3 is 5.97 Å². The molecule has 2 aromatic carbocycles. The van der Waals surface area contributed by atoms with Gasteiger partial charge in [-0.15, -0.1) is 0 Å². The summed E-state index contributed by atoms with van der Waals surface area (Å²) < 4.78 is 23.5. The SMILES string of the molecule is Nc1nc(Nc2ccc(NS(=O)[O-])cc2)sc1C(=O)CCc1ccc(C(=O)O)cc1. The lowest BCUT2D eigenvalue weighted by atomic mass is 10.1. The molecule has 1 heterocycles. The number of rotatable bonds is 9. The van der Waals surface area contributed by atoms with E-state index < -0.39 is 17.2 Å². The summed E-state index contributed by atoms with van der Waals surface area (Å²) in [7, 11) is 0. The Balaban J connectivity index is 1.61. The van der Waals surface area contributed by atoms with E-state index in [1.165, 1.54) is 12.1 Å². The van der Waals surface area contributed by atoms with Gasteiger partial charge in [0.15, 0.2) is 10.9 Å². The highest BCUT2D eigenvalue weighted by Gasteiger charge is 2.16. The van der Waals surface area contributed by atoms with Crippen molar-refractivity contribution in [1.29, 1.82) is 0 Å². The maximum absolute atomic E-state index is 12.5. The fraction of sp³-hybridized carbons (Fsp3) is 0.105. The van der Waals surface area contributed by atoms with Crippen LogP contribution in [-0.2, 0) is 17.7 Å². The molecule has 0 saturated heterocycles. The molecule has 1 unspecified atom stereocenters. The van der Waals surface area contributed by atoms with E-state index in [4.69, 9.17) is 10.8 Å². The van der Waals surface area contributed by atoms with Gasteiger partial charge in [0.1, 0.15) is 10.7 Å². The summed E-state index contributed by atoms with van der Waals surface area (Å²) in [5, 5.41) is 12.4. The molecule has 0 aliphatic rings. The number of aromatic nitrogens is 1. The molecule has 0 aliphatic heterocycles. The Bertz CT molecular complexity index is 1080. The van der Waals surface area contributed by atoms with E-state index >= 15 is 0 Å². The second-order valence-electron chi connectivity index (χ2n) is 6.20. The minimum Gasteiger partial charge on any atom is -0.755 e. The number of carboxylic acid groups (broad SMARTS) is 1. The number of Topliss-reactive ketones (excluding diaryl/α,β-unsaturated/α-hetero) is 1. The summed E-state index contributed by atoms with van der Waals surface area (Å²) >= 11 is -1.27. The van der Waals surface area contributed by atoms with Crippen molar-refractivity contribution in [3.8, 4) is 0 Å². The van der Waals surface area contributed by atoms with Crippen LogP contribution in [-0.4, -0.2) is 30.6 Å². The van der Waals surface area contributed by atoms with Crippen molar-refractivity contribution in [2.75, 3.05) is 15.8 Å². The van der Waals surface area contributed by atoms with Gasteiger partial charge in [0.25, 0.3) is 0 Å². The van der Waals surface area contributed by atoms with E-state index in [9.17, 15) is 18.4 Å². The summed E-state index contributed by atoms with van der Waals surface area (Å²) in [6.45, 7) is 0. The highest BCUT2D eigenvalue weighted by Crippen LogP contribution is 2.29. The van der Waals surface area contributed by atoms with E-state index in [0.29, 0.717) is 27.8 Å². The second-order valence-corrected chi connectivity index (χ2v) is 7.87. The van der Waals surface area contributed by atoms with Crippen LogP contribution in [0, 0.1) is 0 Å². The first-order valence-electron chi connectivity index (χ1n) is 8.66. The predicted molar refractivity (Wildman–Crippen MR) is 115 cm³/mol. The number of carbonyl (C=O) groups excluding carboxylic acids is 1. The van der Waals surface area contributed by atoms with Crippen LogP contribution >= 0.6 is 11.3 Å². The molecule has 0 aliphatic carbocycles. The van der Waals surface area contributed by atoms with E-state index in [1.807, 2.05) is 0 Å². The van der Waals surface area contributed by atoms with Crippen LogP contribution in [0.1, 0.15) is 32.0 Å². The zero-order valence-electron chi connectivity index (χ0n) is 15.5. The van der Waals surface area contributed by atoms with Crippen molar-refractivity contribution in [2.45, 2.75) is 12.8 Å². The number of anilines is 4. The van der Waals surface area contributed by atoms with Crippen molar-refractivity contribution in [2.24, 2.45) is 0 Å². The first-order valence-corrected chi connectivity index (χ1v) is 10.6. The number of ketones is 1. The highest BCUT2D eigenvalue weighted by atomic mass is 32.2. The topological polar surface area (TPSA) is 157 Å². The van der Waals surface area contributed by atoms with Crippen molar-refractivity contribution < 1.29 is 23.5 Å². The molecule has 0 radical (unpaired) electrons. The molecule has 0 spiro atoms. The first-order chi connectivity index (χ1) is 14.3. The molecule has 3 aromatic rings. The molecule has 11 heteroatoms. The number of nitrogens with zero attached hydrogens (tertiary/aromatic N) is 1. The van der Waals surface area contributed by atoms with Crippen LogP contribution < -0.4 is 15.8 Å². The number of aromatic carboxylic acids is 1. The standard InChI is InChI=1S/C19H18N4O5S2/c20-17-16(15(24)10-3-11-1-4-12(5-2-11)18(25)26)29-19(22-17)21-13-6-8-14(9-7-13)23-30(27)28/h1-2,4-9,23H,3,10,20H2,(H,21,22)(H,25,26)(H,27,28)/p-1. The Morgan fingerprint density at radius 2 is 1.73 bits per heavy atom. The van der Waals surface area contributed by atoms with Crippen LogP contribution in [0.15, 0.2) is 48.5 Å². The Morgan fingerprint density at radius 1 is 1.10 bits per heavy atom. The number of carboxylic acids is 1. The first kappa shape index (κ1) is 21.4. The number of nitrogens with one attached hydrogen (secondary N) is 2. The molecule has 3 rings (SSSR count). The van der Waals surface area contributed by atoms with Crippen molar-refractivity contribution in [1.82, 2.24) is 4.98 Å². The highest BCUT2D eigenvalue weighted by molar-refractivity contribution is 7.80. The smallest absolute Gasteiger partial charge is 0.335 e. The van der Waals surface area contributed by atoms with Crippen LogP contribution in [0.25, 0.3) is 0 Å². The number of benzene rings is 2. The fourth-order valence-corrected chi connectivity index (χ4v) is 3.81. The van der Waals surface area contributed by atoms with Crippen molar-refractivity contribution >= 4 is 56.7 Å². The van der Waals surface area contributed by atoms with Crippen LogP contribution in [0.3, 0.4) is 0 Å². The number of hydrogen-bond donors (Lipinski definition) is 4. The lowest BCUT2D eigenvalue weighted by Crippen LogP contribution is -2.03. The third-order valence-electron chi connectivity index (χ3n) is 4.09. The van der Waals surface area contributed by atoms with Gasteiger partial charge in [-0.05, 0) is 48.4 Å². The summed E-state index contributed by atoms with van der Waals surface area (Å²) in [6, 6.07) is 12.8. The van der Waals surface area contributed by atoms with Crippen LogP contribution in [0.5, 0.6) is 0 Å². The average Bonchev–Trinajstić information content (AvgIpc) is 3.07. The Morgan fingerprint density at radius 3 is 2.33 bits per heavy atom. The summed E-state index contributed by atoms with van der Waals surface area (Å²) in [6.07, 6.45) is 0.666. The van der Waals surface area contributed by atoms with Gasteiger partial charge in [0.05, 0.1) is 5.56 Å². The maximum atomic E-state index is 12.5. The van der Waals surface area contributed by atoms with Crippen LogP contribution in [0.2, 0.25) is 0 Å². The summed E-state index contributed by atoms with van der Waals surface area (Å²) in [5.41, 5.74) is 8.01. The Kier molecular flexibility index (Phi) is 6.77. The lowest BCUT2D eigenvalue weighted by molar-refractivity contribution is 0.0696. The molecule has 9 nitrogen and oxygen atoms in total. The number of nitrogens with two attached hydrogens (primary N) is 1. The molecule has 1 atom stereocenters. The molecule has 0 bridgehead atoms. The quantitative estimate of drug-likeness (QED) is 0.289. The van der Waals surface area contributed by atoms with Gasteiger partial charge in [0.2, 0.25) is 0 Å². The van der Waals surface area contributed by atoms with Gasteiger partial charge in [-0.3, -0.25) is 9.00 Å². The van der Waals surface area contributed by atoms with Gasteiger partial charge in [-0.2, -0.15) is 0 Å². The van der Waals surface area contributed by atoms with E-state index in [-0.39, 0.29) is 23.6 Å². The van der Waals surface area contributed by atoms with E-state index in [1.54, 1.807) is 36.4 Å². The second kappa shape index (κ2) is 9.48. The summed E-state index contributed by atoms with van der Waals surface area (Å²) in [4.78, 5) is 27.9. The van der Waals surface area contributed by atoms with Crippen molar-refractivity contribution in [3.05, 3.63) is 64.5 Å². The average molecular weight is 446 g/mol. The van der Waals surface area contributed by atoms with Gasteiger partial charge < -0.3 is 25.4 Å². The molecule has 156 valence electrons. The van der Waals surface area contributed by atoms with Crippen LogP contribution in [0.4, 0.5) is 22.3 Å². The Labute approximate surface area is 178 Å². The lowest BCUT2D eigenvalue weighted by Gasteiger charge is -2.09. The zero-order valence-corrected chi connectivity index (χ0v) is 17.1. The van der Waals surface area contributed by atoms with Gasteiger partial charge in [-0.25, -0.2) is 9.78 Å². The molecule has 0 amide bonds. The number of thiazole rings is 1. The number of hydrogen-bond acceptors (Lipinski definition) is 8. The predicted octanol–water partition coefficient (Wildman–Crippen LogP) is 3.19. The Hall–Kier alpha value is -3.28. The number of carbonyl (C=O) groups is 2. The minimum atomic E-state index is -2.40. The number of aryl methyl sites for hydroxylation is 1. The molecule has 30 heavy (non-hydrogen) atoms. The van der Waals surface area contributed by atoms with Crippen molar-refractivity contribution in [3.63, 3.8) is 0 Å². The van der Waals surface area contributed by atoms with Gasteiger partial charge in [0, 0.05) is 29.1 Å². The van der Waals surface area contributed by atoms with Gasteiger partial charge in [-0.1, -0.05) is 23.5 Å². The fourth-order valence-electron chi connectivity index (χ4n) is 2.61. The monoisotopic (exact) mass is 445 g/mol. The molecule has 0 saturated carbocycles. The molecule has 1 aromatic heterocycles. The molecule has 5 N–H and O–H groups in total. The third kappa shape index (κ3) is 5.63. The molecular weight excluding hydrogens is 428 g/mol. The minimum absolute atomic E-state index is 0.133. The molecular formula is C19H17N4O5S2-. The number of nitrogen functional groups attached to an aromatic ring is 1. The van der Waals surface area contributed by atoms with E-state index in [0.717, 1.165) is 16.9 Å². The van der Waals surface area contributed by atoms with E-state index in [2.05, 4.69) is 15.0 Å². The normalized spacial score (nSPS) is 11.6. The molecule has 0 fully saturated rings.